The van der Waals surface area contributed by atoms with Crippen LogP contribution in [-0.4, -0.2) is 40.3 Å². The zero-order valence-corrected chi connectivity index (χ0v) is 13.4. The number of nitro groups is 1. The molecule has 11 heteroatoms. The van der Waals surface area contributed by atoms with Crippen molar-refractivity contribution in [3.05, 3.63) is 39.9 Å². The van der Waals surface area contributed by atoms with Gasteiger partial charge < -0.3 is 15.6 Å². The number of rotatable bonds is 3. The highest BCUT2D eigenvalue weighted by Gasteiger charge is 2.38. The number of esters is 1. The van der Waals surface area contributed by atoms with Crippen molar-refractivity contribution >= 4 is 17.6 Å². The van der Waals surface area contributed by atoms with Gasteiger partial charge in [-0.2, -0.15) is 13.2 Å². The second-order valence-corrected chi connectivity index (χ2v) is 5.50. The number of benzene rings is 1. The number of non-ortho nitro benzene ring substituents is 1. The van der Waals surface area contributed by atoms with Crippen LogP contribution in [0.1, 0.15) is 36.0 Å². The molecular formula is C15H17F3N2O6. The first-order valence-electron chi connectivity index (χ1n) is 7.53. The lowest BCUT2D eigenvalue weighted by molar-refractivity contribution is -0.384. The molecule has 1 saturated carbocycles. The first-order chi connectivity index (χ1) is 12.0. The number of halogens is 3. The van der Waals surface area contributed by atoms with Gasteiger partial charge in [0.2, 0.25) is 0 Å². The molecule has 144 valence electrons. The summed E-state index contributed by atoms with van der Waals surface area (Å²) in [5.74, 6) is -3.23. The van der Waals surface area contributed by atoms with Gasteiger partial charge in [0.05, 0.1) is 10.5 Å². The fourth-order valence-corrected chi connectivity index (χ4v) is 2.20. The zero-order valence-electron chi connectivity index (χ0n) is 13.4. The monoisotopic (exact) mass is 378 g/mol. The highest BCUT2D eigenvalue weighted by molar-refractivity contribution is 5.89. The Labute approximate surface area is 145 Å². The van der Waals surface area contributed by atoms with Gasteiger partial charge in [0, 0.05) is 18.2 Å². The van der Waals surface area contributed by atoms with Gasteiger partial charge in [-0.25, -0.2) is 9.59 Å². The molecular weight excluding hydrogens is 361 g/mol. The Morgan fingerprint density at radius 3 is 2.12 bits per heavy atom. The Morgan fingerprint density at radius 1 is 1.19 bits per heavy atom. The number of hydrogen-bond donors (Lipinski definition) is 2. The van der Waals surface area contributed by atoms with E-state index in [1.807, 2.05) is 0 Å². The summed E-state index contributed by atoms with van der Waals surface area (Å²) in [5.41, 5.74) is 6.16. The van der Waals surface area contributed by atoms with E-state index in [2.05, 4.69) is 0 Å². The maximum absolute atomic E-state index is 11.9. The molecule has 2 rings (SSSR count). The van der Waals surface area contributed by atoms with E-state index in [1.165, 1.54) is 24.3 Å². The van der Waals surface area contributed by atoms with Crippen molar-refractivity contribution in [2.45, 2.75) is 44.0 Å². The summed E-state index contributed by atoms with van der Waals surface area (Å²) < 4.78 is 37.1. The zero-order chi connectivity index (χ0) is 19.9. The van der Waals surface area contributed by atoms with E-state index < -0.39 is 23.0 Å². The van der Waals surface area contributed by atoms with Crippen LogP contribution in [-0.2, 0) is 9.53 Å². The number of alkyl halides is 3. The molecule has 8 nitrogen and oxygen atoms in total. The van der Waals surface area contributed by atoms with Gasteiger partial charge in [-0.15, -0.1) is 0 Å². The molecule has 1 fully saturated rings. The maximum atomic E-state index is 11.9. The molecule has 1 aliphatic rings. The van der Waals surface area contributed by atoms with Crippen LogP contribution < -0.4 is 5.73 Å². The van der Waals surface area contributed by atoms with Gasteiger partial charge in [0.1, 0.15) is 6.10 Å². The number of aliphatic carboxylic acids is 1. The Hall–Kier alpha value is -2.69. The SMILES string of the molecule is N[C@H]1CCCC[C@H]1OC(=O)c1ccc([N+](=O)[O-])cc1.O=C(O)C(F)(F)F. The standard InChI is InChI=1S/C13H16N2O4.C2HF3O2/c14-11-3-1-2-4-12(11)19-13(16)9-5-7-10(8-6-9)15(17)18;3-2(4,5)1(6)7/h5-8,11-12H,1-4,14H2;(H,6,7)/t11-,12+;/m0./s1. The third-order valence-corrected chi connectivity index (χ3v) is 3.57. The summed E-state index contributed by atoms with van der Waals surface area (Å²) in [7, 11) is 0. The molecule has 0 aromatic heterocycles. The van der Waals surface area contributed by atoms with E-state index >= 15 is 0 Å². The topological polar surface area (TPSA) is 133 Å². The maximum Gasteiger partial charge on any atom is 0.490 e. The number of carbonyl (C=O) groups is 2. The van der Waals surface area contributed by atoms with Crippen LogP contribution in [0.15, 0.2) is 24.3 Å². The summed E-state index contributed by atoms with van der Waals surface area (Å²) in [5, 5.41) is 17.6. The number of nitrogens with two attached hydrogens (primary N) is 1. The van der Waals surface area contributed by atoms with Gasteiger partial charge in [0.25, 0.3) is 5.69 Å². The molecule has 0 spiro atoms. The van der Waals surface area contributed by atoms with Crippen LogP contribution >= 0.6 is 0 Å². The van der Waals surface area contributed by atoms with E-state index in [-0.39, 0.29) is 17.8 Å². The highest BCUT2D eigenvalue weighted by Crippen LogP contribution is 2.21. The summed E-state index contributed by atoms with van der Waals surface area (Å²) in [6.07, 6.45) is -1.63. The molecule has 26 heavy (non-hydrogen) atoms. The lowest BCUT2D eigenvalue weighted by atomic mass is 9.93. The fraction of sp³-hybridized carbons (Fsp3) is 0.467. The van der Waals surface area contributed by atoms with E-state index in [9.17, 15) is 28.1 Å². The number of ether oxygens (including phenoxy) is 1. The molecule has 2 atom stereocenters. The molecule has 3 N–H and O–H groups in total. The number of nitro benzene ring substituents is 1. The number of hydrogen-bond acceptors (Lipinski definition) is 6. The molecule has 0 aliphatic heterocycles. The van der Waals surface area contributed by atoms with Crippen LogP contribution in [0.2, 0.25) is 0 Å². The van der Waals surface area contributed by atoms with Crippen molar-refractivity contribution in [2.75, 3.05) is 0 Å². The molecule has 0 unspecified atom stereocenters. The van der Waals surface area contributed by atoms with Crippen molar-refractivity contribution in [1.82, 2.24) is 0 Å². The number of carbonyl (C=O) groups excluding carboxylic acids is 1. The Balaban J connectivity index is 0.000000412. The van der Waals surface area contributed by atoms with Crippen molar-refractivity contribution in [1.29, 1.82) is 0 Å². The van der Waals surface area contributed by atoms with Crippen molar-refractivity contribution < 1.29 is 37.5 Å². The van der Waals surface area contributed by atoms with E-state index in [4.69, 9.17) is 20.4 Å². The average Bonchev–Trinajstić information content (AvgIpc) is 2.56. The number of nitrogens with zero attached hydrogens (tertiary/aromatic N) is 1. The number of carboxylic acids is 1. The van der Waals surface area contributed by atoms with Gasteiger partial charge >= 0.3 is 18.1 Å². The van der Waals surface area contributed by atoms with Crippen molar-refractivity contribution in [2.24, 2.45) is 5.73 Å². The fourth-order valence-electron chi connectivity index (χ4n) is 2.20. The summed E-state index contributed by atoms with van der Waals surface area (Å²) in [4.78, 5) is 30.8. The molecule has 0 radical (unpaired) electrons. The normalized spacial score (nSPS) is 19.7. The molecule has 1 aliphatic carbocycles. The summed E-state index contributed by atoms with van der Waals surface area (Å²) in [6.45, 7) is 0. The molecule has 0 saturated heterocycles. The average molecular weight is 378 g/mol. The lowest BCUT2D eigenvalue weighted by Gasteiger charge is -2.28. The van der Waals surface area contributed by atoms with Gasteiger partial charge in [-0.3, -0.25) is 10.1 Å². The van der Waals surface area contributed by atoms with Crippen LogP contribution in [0.3, 0.4) is 0 Å². The van der Waals surface area contributed by atoms with Crippen LogP contribution in [0.5, 0.6) is 0 Å². The third kappa shape index (κ3) is 6.67. The second kappa shape index (κ2) is 9.13. The minimum Gasteiger partial charge on any atom is -0.475 e. The number of carboxylic acid groups (broad SMARTS) is 1. The quantitative estimate of drug-likeness (QED) is 0.469. The Bertz CT molecular complexity index is 648. The third-order valence-electron chi connectivity index (χ3n) is 3.57. The smallest absolute Gasteiger partial charge is 0.475 e. The summed E-state index contributed by atoms with van der Waals surface area (Å²) in [6, 6.07) is 5.26. The van der Waals surface area contributed by atoms with E-state index in [1.54, 1.807) is 0 Å². The van der Waals surface area contributed by atoms with Crippen molar-refractivity contribution in [3.8, 4) is 0 Å². The van der Waals surface area contributed by atoms with E-state index in [0.717, 1.165) is 25.7 Å². The molecule has 1 aromatic carbocycles. The first-order valence-corrected chi connectivity index (χ1v) is 7.53. The molecule has 0 bridgehead atoms. The van der Waals surface area contributed by atoms with Crippen molar-refractivity contribution in [3.63, 3.8) is 0 Å². The van der Waals surface area contributed by atoms with Crippen LogP contribution in [0.25, 0.3) is 0 Å². The minimum absolute atomic E-state index is 0.0501. The Morgan fingerprint density at radius 2 is 1.69 bits per heavy atom. The Kier molecular flexibility index (Phi) is 7.50. The molecule has 0 heterocycles. The van der Waals surface area contributed by atoms with Crippen LogP contribution in [0, 0.1) is 10.1 Å². The first kappa shape index (κ1) is 21.4. The lowest BCUT2D eigenvalue weighted by Crippen LogP contribution is -2.40. The predicted octanol–water partition coefficient (Wildman–Crippen LogP) is 2.65. The summed E-state index contributed by atoms with van der Waals surface area (Å²) >= 11 is 0. The molecule has 0 amide bonds. The predicted molar refractivity (Wildman–Crippen MR) is 82.4 cm³/mol. The molecule has 1 aromatic rings. The van der Waals surface area contributed by atoms with Crippen LogP contribution in [0.4, 0.5) is 18.9 Å². The second-order valence-electron chi connectivity index (χ2n) is 5.50. The van der Waals surface area contributed by atoms with Gasteiger partial charge in [0.15, 0.2) is 0 Å². The van der Waals surface area contributed by atoms with E-state index in [0.29, 0.717) is 5.56 Å². The van der Waals surface area contributed by atoms with Gasteiger partial charge in [-0.1, -0.05) is 6.42 Å². The van der Waals surface area contributed by atoms with Gasteiger partial charge in [-0.05, 0) is 31.4 Å². The minimum atomic E-state index is -5.08. The highest BCUT2D eigenvalue weighted by atomic mass is 19.4. The largest absolute Gasteiger partial charge is 0.490 e.